The van der Waals surface area contributed by atoms with E-state index in [-0.39, 0.29) is 11.9 Å². The molecule has 0 aliphatic carbocycles. The first-order valence-corrected chi connectivity index (χ1v) is 9.18. The third kappa shape index (κ3) is 6.80. The first-order chi connectivity index (χ1) is 13.0. The predicted molar refractivity (Wildman–Crippen MR) is 108 cm³/mol. The molecule has 0 aliphatic heterocycles. The highest BCUT2D eigenvalue weighted by atomic mass is 16.5. The Morgan fingerprint density at radius 2 is 1.56 bits per heavy atom. The van der Waals surface area contributed by atoms with E-state index in [1.54, 1.807) is 6.92 Å². The van der Waals surface area contributed by atoms with Crippen LogP contribution in [-0.4, -0.2) is 31.8 Å². The van der Waals surface area contributed by atoms with Crippen LogP contribution < -0.4 is 10.1 Å². The van der Waals surface area contributed by atoms with E-state index in [0.717, 1.165) is 28.9 Å². The summed E-state index contributed by atoms with van der Waals surface area (Å²) in [6.07, 6.45) is 0.321. The molecule has 2 rings (SSSR count). The van der Waals surface area contributed by atoms with E-state index in [2.05, 4.69) is 17.2 Å². The second kappa shape index (κ2) is 10.4. The summed E-state index contributed by atoms with van der Waals surface area (Å²) in [5.41, 5.74) is 3.06. The Morgan fingerprint density at radius 1 is 1.00 bits per heavy atom. The normalized spacial score (nSPS) is 12.4. The van der Waals surface area contributed by atoms with Crippen LogP contribution in [0.15, 0.2) is 48.5 Å². The molecule has 0 saturated heterocycles. The van der Waals surface area contributed by atoms with Gasteiger partial charge in [-0.1, -0.05) is 24.0 Å². The summed E-state index contributed by atoms with van der Waals surface area (Å²) in [6.45, 7) is 6.34. The van der Waals surface area contributed by atoms with Crippen LogP contribution in [0.4, 0.5) is 0 Å². The minimum absolute atomic E-state index is 0.0379. The molecule has 142 valence electrons. The van der Waals surface area contributed by atoms with Gasteiger partial charge in [-0.15, -0.1) is 0 Å². The van der Waals surface area contributed by atoms with Crippen molar-refractivity contribution in [2.45, 2.75) is 39.3 Å². The Hall–Kier alpha value is -2.77. The molecule has 0 saturated carbocycles. The summed E-state index contributed by atoms with van der Waals surface area (Å²) in [5.74, 6) is 7.09. The second-order valence-corrected chi connectivity index (χ2v) is 6.40. The molecular weight excluding hydrogens is 338 g/mol. The maximum atomic E-state index is 11.8. The number of amides is 1. The highest BCUT2D eigenvalue weighted by Crippen LogP contribution is 2.12. The van der Waals surface area contributed by atoms with Gasteiger partial charge in [-0.25, -0.2) is 0 Å². The summed E-state index contributed by atoms with van der Waals surface area (Å²) in [5, 5.41) is 2.95. The van der Waals surface area contributed by atoms with Gasteiger partial charge in [-0.3, -0.25) is 4.79 Å². The number of ether oxygens (including phenoxy) is 2. The van der Waals surface area contributed by atoms with Crippen LogP contribution in [-0.2, 0) is 16.0 Å². The SMILES string of the molecule is CCOc1ccc(C#Cc2ccc(CC(C)NC(=O)[C@H](C)OC)cc2)cc1. The number of rotatable bonds is 7. The topological polar surface area (TPSA) is 47.6 Å². The summed E-state index contributed by atoms with van der Waals surface area (Å²) in [7, 11) is 1.53. The molecule has 27 heavy (non-hydrogen) atoms. The van der Waals surface area contributed by atoms with E-state index in [9.17, 15) is 4.79 Å². The van der Waals surface area contributed by atoms with E-state index in [4.69, 9.17) is 9.47 Å². The number of methoxy groups -OCH3 is 1. The quantitative estimate of drug-likeness (QED) is 0.763. The molecule has 0 fully saturated rings. The van der Waals surface area contributed by atoms with Crippen molar-refractivity contribution in [1.29, 1.82) is 0 Å². The Balaban J connectivity index is 1.92. The fourth-order valence-electron chi connectivity index (χ4n) is 2.54. The van der Waals surface area contributed by atoms with Crippen molar-refractivity contribution in [2.75, 3.05) is 13.7 Å². The Bertz CT molecular complexity index is 785. The average Bonchev–Trinajstić information content (AvgIpc) is 2.68. The minimum atomic E-state index is -0.437. The third-order valence-corrected chi connectivity index (χ3v) is 4.12. The lowest BCUT2D eigenvalue weighted by molar-refractivity contribution is -0.130. The lowest BCUT2D eigenvalue weighted by atomic mass is 10.0. The lowest BCUT2D eigenvalue weighted by Crippen LogP contribution is -2.40. The van der Waals surface area contributed by atoms with Crippen molar-refractivity contribution < 1.29 is 14.3 Å². The van der Waals surface area contributed by atoms with Crippen LogP contribution in [0.5, 0.6) is 5.75 Å². The monoisotopic (exact) mass is 365 g/mol. The molecule has 1 N–H and O–H groups in total. The number of benzene rings is 2. The van der Waals surface area contributed by atoms with Gasteiger partial charge in [0.15, 0.2) is 0 Å². The number of carbonyl (C=O) groups is 1. The van der Waals surface area contributed by atoms with Crippen molar-refractivity contribution >= 4 is 5.91 Å². The van der Waals surface area contributed by atoms with Crippen LogP contribution >= 0.6 is 0 Å². The Morgan fingerprint density at radius 3 is 2.07 bits per heavy atom. The number of hydrogen-bond donors (Lipinski definition) is 1. The molecule has 0 heterocycles. The molecule has 4 nitrogen and oxygen atoms in total. The Labute approximate surface area is 161 Å². The van der Waals surface area contributed by atoms with E-state index in [0.29, 0.717) is 6.61 Å². The summed E-state index contributed by atoms with van der Waals surface area (Å²) < 4.78 is 10.5. The molecule has 0 aromatic heterocycles. The number of nitrogens with one attached hydrogen (secondary N) is 1. The number of carbonyl (C=O) groups excluding carboxylic acids is 1. The van der Waals surface area contributed by atoms with Crippen LogP contribution in [0.3, 0.4) is 0 Å². The molecule has 2 aromatic rings. The van der Waals surface area contributed by atoms with Gasteiger partial charge < -0.3 is 14.8 Å². The van der Waals surface area contributed by atoms with Crippen LogP contribution in [0.25, 0.3) is 0 Å². The van der Waals surface area contributed by atoms with E-state index < -0.39 is 6.10 Å². The molecule has 0 bridgehead atoms. The summed E-state index contributed by atoms with van der Waals surface area (Å²) in [6, 6.07) is 15.9. The van der Waals surface area contributed by atoms with Crippen molar-refractivity contribution in [2.24, 2.45) is 0 Å². The van der Waals surface area contributed by atoms with Gasteiger partial charge in [0.05, 0.1) is 6.61 Å². The van der Waals surface area contributed by atoms with Gasteiger partial charge in [0.1, 0.15) is 11.9 Å². The van der Waals surface area contributed by atoms with Gasteiger partial charge in [0, 0.05) is 24.3 Å². The van der Waals surface area contributed by atoms with E-state index in [1.165, 1.54) is 7.11 Å². The highest BCUT2D eigenvalue weighted by molar-refractivity contribution is 5.80. The third-order valence-electron chi connectivity index (χ3n) is 4.12. The molecule has 0 aliphatic rings. The highest BCUT2D eigenvalue weighted by Gasteiger charge is 2.14. The number of hydrogen-bond acceptors (Lipinski definition) is 3. The van der Waals surface area contributed by atoms with Gasteiger partial charge in [0.2, 0.25) is 5.91 Å². The summed E-state index contributed by atoms with van der Waals surface area (Å²) in [4.78, 5) is 11.8. The van der Waals surface area contributed by atoms with Crippen molar-refractivity contribution in [3.63, 3.8) is 0 Å². The molecule has 0 radical (unpaired) electrons. The van der Waals surface area contributed by atoms with E-state index >= 15 is 0 Å². The fourth-order valence-corrected chi connectivity index (χ4v) is 2.54. The van der Waals surface area contributed by atoms with Gasteiger partial charge in [-0.05, 0) is 69.2 Å². The first-order valence-electron chi connectivity index (χ1n) is 9.18. The molecule has 0 spiro atoms. The van der Waals surface area contributed by atoms with Crippen molar-refractivity contribution in [3.05, 3.63) is 65.2 Å². The zero-order chi connectivity index (χ0) is 19.6. The van der Waals surface area contributed by atoms with Crippen molar-refractivity contribution in [3.8, 4) is 17.6 Å². The standard InChI is InChI=1S/C23H27NO3/c1-5-27-22-14-12-20(13-15-22)7-6-19-8-10-21(11-9-19)16-17(2)24-23(25)18(3)26-4/h8-15,17-18H,5,16H2,1-4H3,(H,24,25)/t17?,18-/m0/s1. The lowest BCUT2D eigenvalue weighted by Gasteiger charge is -2.16. The van der Waals surface area contributed by atoms with Crippen LogP contribution in [0, 0.1) is 11.8 Å². The zero-order valence-electron chi connectivity index (χ0n) is 16.4. The molecule has 1 unspecified atom stereocenters. The largest absolute Gasteiger partial charge is 0.494 e. The molecule has 2 atom stereocenters. The zero-order valence-corrected chi connectivity index (χ0v) is 16.4. The minimum Gasteiger partial charge on any atom is -0.494 e. The van der Waals surface area contributed by atoms with E-state index in [1.807, 2.05) is 62.4 Å². The Kier molecular flexibility index (Phi) is 7.91. The fraction of sp³-hybridized carbons (Fsp3) is 0.348. The van der Waals surface area contributed by atoms with Crippen LogP contribution in [0.1, 0.15) is 37.5 Å². The molecular formula is C23H27NO3. The summed E-state index contributed by atoms with van der Waals surface area (Å²) >= 11 is 0. The van der Waals surface area contributed by atoms with Crippen LogP contribution in [0.2, 0.25) is 0 Å². The first kappa shape index (κ1) is 20.5. The molecule has 1 amide bonds. The van der Waals surface area contributed by atoms with Crippen molar-refractivity contribution in [1.82, 2.24) is 5.32 Å². The second-order valence-electron chi connectivity index (χ2n) is 6.40. The maximum Gasteiger partial charge on any atom is 0.249 e. The van der Waals surface area contributed by atoms with Gasteiger partial charge >= 0.3 is 0 Å². The van der Waals surface area contributed by atoms with Gasteiger partial charge in [-0.2, -0.15) is 0 Å². The smallest absolute Gasteiger partial charge is 0.249 e. The molecule has 4 heteroatoms. The van der Waals surface area contributed by atoms with Gasteiger partial charge in [0.25, 0.3) is 0 Å². The maximum absolute atomic E-state index is 11.8. The average molecular weight is 365 g/mol. The predicted octanol–water partition coefficient (Wildman–Crippen LogP) is 3.57. The molecule has 2 aromatic carbocycles.